The van der Waals surface area contributed by atoms with Gasteiger partial charge in [-0.3, -0.25) is 9.59 Å². The van der Waals surface area contributed by atoms with E-state index in [4.69, 9.17) is 5.11 Å². The minimum absolute atomic E-state index is 0.0649. The minimum atomic E-state index is -0.767. The summed E-state index contributed by atoms with van der Waals surface area (Å²) in [6, 6.07) is 0. The number of carboxylic acids is 1. The van der Waals surface area contributed by atoms with Crippen LogP contribution in [0.25, 0.3) is 0 Å². The number of carbonyl (C=O) groups is 2. The normalized spacial score (nSPS) is 17.1. The number of hydrogen-bond donors (Lipinski definition) is 1. The Bertz CT molecular complexity index is 335. The smallest absolute Gasteiger partial charge is 0.304 e. The van der Waals surface area contributed by atoms with Crippen molar-refractivity contribution in [3.05, 3.63) is 11.6 Å². The molecule has 0 spiro atoms. The molecule has 1 N–H and O–H groups in total. The second-order valence-electron chi connectivity index (χ2n) is 4.89. The van der Waals surface area contributed by atoms with Crippen molar-refractivity contribution in [2.45, 2.75) is 26.7 Å². The van der Waals surface area contributed by atoms with Gasteiger partial charge in [0, 0.05) is 32.3 Å². The zero-order valence-electron chi connectivity index (χ0n) is 11.2. The molecular formula is C13H22N2O3. The molecule has 1 fully saturated rings. The van der Waals surface area contributed by atoms with Crippen LogP contribution in [0.4, 0.5) is 0 Å². The lowest BCUT2D eigenvalue weighted by atomic mass is 10.3. The highest BCUT2D eigenvalue weighted by atomic mass is 16.4. The molecule has 0 aromatic rings. The summed E-state index contributed by atoms with van der Waals surface area (Å²) in [6.45, 7) is 7.46. The molecule has 1 heterocycles. The molecule has 0 bridgehead atoms. The number of nitrogens with zero attached hydrogens (tertiary/aromatic N) is 2. The summed E-state index contributed by atoms with van der Waals surface area (Å²) in [7, 11) is 0. The average Bonchev–Trinajstić information content (AvgIpc) is 2.50. The molecular weight excluding hydrogens is 232 g/mol. The van der Waals surface area contributed by atoms with Crippen LogP contribution in [-0.2, 0) is 9.59 Å². The standard InChI is InChI=1S/C13H22N2O3/c1-11(2)10-12(16)15-6-3-5-14(8-9-15)7-4-13(17)18/h10H,3-9H2,1-2H3,(H,17,18). The summed E-state index contributed by atoms with van der Waals surface area (Å²) < 4.78 is 0. The first-order chi connectivity index (χ1) is 8.49. The van der Waals surface area contributed by atoms with Crippen LogP contribution in [0.2, 0.25) is 0 Å². The molecule has 0 saturated carbocycles. The van der Waals surface area contributed by atoms with Gasteiger partial charge in [-0.25, -0.2) is 0 Å². The van der Waals surface area contributed by atoms with Crippen molar-refractivity contribution in [2.75, 3.05) is 32.7 Å². The van der Waals surface area contributed by atoms with Crippen molar-refractivity contribution in [1.29, 1.82) is 0 Å². The number of carbonyl (C=O) groups excluding carboxylic acids is 1. The molecule has 18 heavy (non-hydrogen) atoms. The molecule has 1 aliphatic rings. The molecule has 1 saturated heterocycles. The van der Waals surface area contributed by atoms with Crippen LogP contribution in [0.1, 0.15) is 26.7 Å². The van der Waals surface area contributed by atoms with E-state index in [1.54, 1.807) is 6.08 Å². The zero-order chi connectivity index (χ0) is 13.5. The number of amides is 1. The topological polar surface area (TPSA) is 60.9 Å². The maximum atomic E-state index is 11.9. The number of rotatable bonds is 4. The Morgan fingerprint density at radius 2 is 1.89 bits per heavy atom. The van der Waals surface area contributed by atoms with E-state index in [1.807, 2.05) is 18.7 Å². The van der Waals surface area contributed by atoms with Gasteiger partial charge in [-0.1, -0.05) is 5.57 Å². The molecule has 0 aromatic carbocycles. The maximum absolute atomic E-state index is 11.9. The van der Waals surface area contributed by atoms with E-state index in [9.17, 15) is 9.59 Å². The third kappa shape index (κ3) is 5.31. The summed E-state index contributed by atoms with van der Waals surface area (Å²) >= 11 is 0. The second kappa shape index (κ2) is 7.16. The average molecular weight is 254 g/mol. The van der Waals surface area contributed by atoms with Crippen LogP contribution >= 0.6 is 0 Å². The van der Waals surface area contributed by atoms with Gasteiger partial charge in [0.05, 0.1) is 6.42 Å². The third-order valence-electron chi connectivity index (χ3n) is 2.95. The molecule has 1 rings (SSSR count). The Labute approximate surface area is 108 Å². The van der Waals surface area contributed by atoms with E-state index in [0.717, 1.165) is 31.6 Å². The van der Waals surface area contributed by atoms with Gasteiger partial charge in [0.1, 0.15) is 0 Å². The van der Waals surface area contributed by atoms with Crippen LogP contribution in [-0.4, -0.2) is 59.5 Å². The molecule has 0 unspecified atom stereocenters. The molecule has 1 aliphatic heterocycles. The lowest BCUT2D eigenvalue weighted by molar-refractivity contribution is -0.137. The Morgan fingerprint density at radius 3 is 2.50 bits per heavy atom. The summed E-state index contributed by atoms with van der Waals surface area (Å²) in [5, 5.41) is 8.65. The number of allylic oxidation sites excluding steroid dienone is 1. The van der Waals surface area contributed by atoms with Crippen molar-refractivity contribution in [1.82, 2.24) is 9.80 Å². The quantitative estimate of drug-likeness (QED) is 0.759. The molecule has 0 aliphatic carbocycles. The van der Waals surface area contributed by atoms with Gasteiger partial charge in [0.15, 0.2) is 0 Å². The predicted octanol–water partition coefficient (Wildman–Crippen LogP) is 0.962. The summed E-state index contributed by atoms with van der Waals surface area (Å²) in [5.74, 6) is -0.702. The first kappa shape index (κ1) is 14.7. The number of carboxylic acid groups (broad SMARTS) is 1. The van der Waals surface area contributed by atoms with Gasteiger partial charge in [-0.2, -0.15) is 0 Å². The van der Waals surface area contributed by atoms with Crippen LogP contribution in [0, 0.1) is 0 Å². The SMILES string of the molecule is CC(C)=CC(=O)N1CCCN(CCC(=O)O)CC1. The fourth-order valence-corrected chi connectivity index (χ4v) is 2.01. The Balaban J connectivity index is 2.43. The van der Waals surface area contributed by atoms with E-state index < -0.39 is 5.97 Å². The second-order valence-corrected chi connectivity index (χ2v) is 4.89. The minimum Gasteiger partial charge on any atom is -0.481 e. The van der Waals surface area contributed by atoms with E-state index in [0.29, 0.717) is 13.1 Å². The van der Waals surface area contributed by atoms with Crippen LogP contribution in [0.5, 0.6) is 0 Å². The fraction of sp³-hybridized carbons (Fsp3) is 0.692. The van der Waals surface area contributed by atoms with Crippen molar-refractivity contribution in [3.8, 4) is 0 Å². The van der Waals surface area contributed by atoms with Crippen molar-refractivity contribution in [3.63, 3.8) is 0 Å². The lowest BCUT2D eigenvalue weighted by Crippen LogP contribution is -2.34. The van der Waals surface area contributed by atoms with Crippen molar-refractivity contribution in [2.24, 2.45) is 0 Å². The monoisotopic (exact) mass is 254 g/mol. The molecule has 5 heteroatoms. The third-order valence-corrected chi connectivity index (χ3v) is 2.95. The highest BCUT2D eigenvalue weighted by Crippen LogP contribution is 2.05. The molecule has 5 nitrogen and oxygen atoms in total. The van der Waals surface area contributed by atoms with E-state index >= 15 is 0 Å². The predicted molar refractivity (Wildman–Crippen MR) is 69.3 cm³/mol. The fourth-order valence-electron chi connectivity index (χ4n) is 2.01. The Hall–Kier alpha value is -1.36. The summed E-state index contributed by atoms with van der Waals surface area (Å²) in [6.07, 6.45) is 2.73. The van der Waals surface area contributed by atoms with Crippen LogP contribution < -0.4 is 0 Å². The Kier molecular flexibility index (Phi) is 5.85. The van der Waals surface area contributed by atoms with Crippen molar-refractivity contribution >= 4 is 11.9 Å². The summed E-state index contributed by atoms with van der Waals surface area (Å²) in [5.41, 5.74) is 1.01. The molecule has 102 valence electrons. The molecule has 0 radical (unpaired) electrons. The first-order valence-electron chi connectivity index (χ1n) is 6.37. The van der Waals surface area contributed by atoms with Gasteiger partial charge >= 0.3 is 5.97 Å². The molecule has 0 aromatic heterocycles. The molecule has 0 atom stereocenters. The van der Waals surface area contributed by atoms with E-state index in [1.165, 1.54) is 0 Å². The highest BCUT2D eigenvalue weighted by molar-refractivity contribution is 5.88. The van der Waals surface area contributed by atoms with Gasteiger partial charge in [0.2, 0.25) is 5.91 Å². The number of hydrogen-bond acceptors (Lipinski definition) is 3. The summed E-state index contributed by atoms with van der Waals surface area (Å²) in [4.78, 5) is 26.3. The zero-order valence-corrected chi connectivity index (χ0v) is 11.2. The highest BCUT2D eigenvalue weighted by Gasteiger charge is 2.17. The lowest BCUT2D eigenvalue weighted by Gasteiger charge is -2.20. The maximum Gasteiger partial charge on any atom is 0.304 e. The Morgan fingerprint density at radius 1 is 1.17 bits per heavy atom. The van der Waals surface area contributed by atoms with Gasteiger partial charge in [-0.15, -0.1) is 0 Å². The number of aliphatic carboxylic acids is 1. The first-order valence-corrected chi connectivity index (χ1v) is 6.37. The molecule has 1 amide bonds. The van der Waals surface area contributed by atoms with Crippen LogP contribution in [0.3, 0.4) is 0 Å². The van der Waals surface area contributed by atoms with Gasteiger partial charge < -0.3 is 14.9 Å². The van der Waals surface area contributed by atoms with E-state index in [2.05, 4.69) is 4.90 Å². The van der Waals surface area contributed by atoms with Crippen molar-refractivity contribution < 1.29 is 14.7 Å². The van der Waals surface area contributed by atoms with Gasteiger partial charge in [0.25, 0.3) is 0 Å². The van der Waals surface area contributed by atoms with E-state index in [-0.39, 0.29) is 12.3 Å². The van der Waals surface area contributed by atoms with Gasteiger partial charge in [-0.05, 0) is 26.8 Å². The largest absolute Gasteiger partial charge is 0.481 e. The van der Waals surface area contributed by atoms with Crippen LogP contribution in [0.15, 0.2) is 11.6 Å².